The molecule has 0 spiro atoms. The first kappa shape index (κ1) is 14.8. The number of amides is 1. The van der Waals surface area contributed by atoms with Crippen LogP contribution < -0.4 is 10.1 Å². The Labute approximate surface area is 135 Å². The molecule has 0 radical (unpaired) electrons. The van der Waals surface area contributed by atoms with Gasteiger partial charge < -0.3 is 10.1 Å². The van der Waals surface area contributed by atoms with Crippen molar-refractivity contribution in [1.29, 1.82) is 0 Å². The monoisotopic (exact) mass is 331 g/mol. The van der Waals surface area contributed by atoms with E-state index in [1.54, 1.807) is 48.5 Å². The van der Waals surface area contributed by atoms with Crippen molar-refractivity contribution in [2.75, 3.05) is 13.3 Å². The van der Waals surface area contributed by atoms with Gasteiger partial charge in [0.15, 0.2) is 15.8 Å². The minimum absolute atomic E-state index is 0.263. The number of benzene rings is 1. The number of hydrogen-bond acceptors (Lipinski definition) is 6. The van der Waals surface area contributed by atoms with Crippen LogP contribution in [-0.4, -0.2) is 29.2 Å². The van der Waals surface area contributed by atoms with Crippen LogP contribution in [0.1, 0.15) is 10.5 Å². The van der Waals surface area contributed by atoms with Gasteiger partial charge in [0, 0.05) is 19.3 Å². The quantitative estimate of drug-likeness (QED) is 0.741. The molecule has 0 aliphatic heterocycles. The van der Waals surface area contributed by atoms with Crippen molar-refractivity contribution < 1.29 is 9.53 Å². The van der Waals surface area contributed by atoms with Crippen molar-refractivity contribution in [3.05, 3.63) is 42.2 Å². The molecule has 0 saturated heterocycles. The number of nitrogens with one attached hydrogen (secondary N) is 1. The van der Waals surface area contributed by atoms with Crippen molar-refractivity contribution in [1.82, 2.24) is 15.3 Å². The second-order valence-electron chi connectivity index (χ2n) is 4.34. The summed E-state index contributed by atoms with van der Waals surface area (Å²) >= 11 is 3.23. The summed E-state index contributed by atoms with van der Waals surface area (Å²) in [5.41, 5.74) is 1.21. The normalized spacial score (nSPS) is 10.6. The van der Waals surface area contributed by atoms with Crippen molar-refractivity contribution in [2.45, 2.75) is 4.34 Å². The van der Waals surface area contributed by atoms with Crippen LogP contribution in [0, 0.1) is 0 Å². The van der Waals surface area contributed by atoms with E-state index in [-0.39, 0.29) is 11.6 Å². The summed E-state index contributed by atoms with van der Waals surface area (Å²) in [6.07, 6.45) is 3.56. The Bertz CT molecular complexity index is 833. The number of thioether (sulfide) groups is 1. The molecule has 0 bridgehead atoms. The van der Waals surface area contributed by atoms with Crippen molar-refractivity contribution in [3.8, 4) is 11.5 Å². The molecule has 0 fully saturated rings. The van der Waals surface area contributed by atoms with E-state index in [1.807, 2.05) is 24.5 Å². The average molecular weight is 331 g/mol. The highest BCUT2D eigenvalue weighted by Gasteiger charge is 2.13. The van der Waals surface area contributed by atoms with E-state index in [1.165, 1.54) is 0 Å². The van der Waals surface area contributed by atoms with Crippen molar-refractivity contribution in [2.24, 2.45) is 0 Å². The maximum atomic E-state index is 11.8. The Kier molecular flexibility index (Phi) is 4.26. The molecule has 2 aromatic heterocycles. The zero-order valence-corrected chi connectivity index (χ0v) is 13.6. The lowest BCUT2D eigenvalue weighted by Crippen LogP contribution is -2.19. The molecule has 22 heavy (non-hydrogen) atoms. The van der Waals surface area contributed by atoms with Crippen LogP contribution in [0.3, 0.4) is 0 Å². The highest BCUT2D eigenvalue weighted by molar-refractivity contribution is 8.00. The number of thiazole rings is 1. The average Bonchev–Trinajstić information content (AvgIpc) is 2.97. The summed E-state index contributed by atoms with van der Waals surface area (Å²) in [5, 5.41) is 2.56. The van der Waals surface area contributed by atoms with E-state index >= 15 is 0 Å². The lowest BCUT2D eigenvalue weighted by Gasteiger charge is -2.09. The van der Waals surface area contributed by atoms with Gasteiger partial charge in [-0.3, -0.25) is 4.79 Å². The second kappa shape index (κ2) is 6.33. The van der Waals surface area contributed by atoms with Gasteiger partial charge in [0.25, 0.3) is 5.91 Å². The van der Waals surface area contributed by atoms with Gasteiger partial charge in [-0.1, -0.05) is 11.8 Å². The smallest absolute Gasteiger partial charge is 0.273 e. The van der Waals surface area contributed by atoms with Gasteiger partial charge in [-0.2, -0.15) is 0 Å². The van der Waals surface area contributed by atoms with E-state index in [0.29, 0.717) is 11.5 Å². The predicted octanol–water partition coefficient (Wildman–Crippen LogP) is 3.57. The maximum absolute atomic E-state index is 11.8. The number of fused-ring (bicyclic) bond motifs is 1. The lowest BCUT2D eigenvalue weighted by molar-refractivity contribution is 0.0955. The second-order valence-corrected chi connectivity index (χ2v) is 6.43. The first-order valence-electron chi connectivity index (χ1n) is 6.51. The number of ether oxygens (including phenoxy) is 1. The van der Waals surface area contributed by atoms with E-state index in [2.05, 4.69) is 15.3 Å². The third-order valence-corrected chi connectivity index (χ3v) is 4.96. The standard InChI is InChI=1S/C15H13N3O2S2/c1-16-14(19)13-11(4-3-7-17-13)20-9-5-6-10-12(8-9)22-15(18-10)21-2/h3-8H,1-2H3,(H,16,19). The van der Waals surface area contributed by atoms with Gasteiger partial charge in [0.05, 0.1) is 10.2 Å². The van der Waals surface area contributed by atoms with E-state index in [0.717, 1.165) is 14.6 Å². The number of aromatic nitrogens is 2. The molecule has 0 unspecified atom stereocenters. The zero-order valence-electron chi connectivity index (χ0n) is 12.0. The fraction of sp³-hybridized carbons (Fsp3) is 0.133. The minimum Gasteiger partial charge on any atom is -0.455 e. The zero-order chi connectivity index (χ0) is 15.5. The van der Waals surface area contributed by atoms with Crippen LogP contribution in [0.15, 0.2) is 40.9 Å². The van der Waals surface area contributed by atoms with E-state index < -0.39 is 0 Å². The topological polar surface area (TPSA) is 64.1 Å². The Morgan fingerprint density at radius 1 is 1.36 bits per heavy atom. The molecule has 0 aliphatic rings. The van der Waals surface area contributed by atoms with Crippen LogP contribution in [0.2, 0.25) is 0 Å². The van der Waals surface area contributed by atoms with Crippen LogP contribution >= 0.6 is 23.1 Å². The fourth-order valence-electron chi connectivity index (χ4n) is 1.92. The van der Waals surface area contributed by atoms with Crippen LogP contribution in [0.4, 0.5) is 0 Å². The predicted molar refractivity (Wildman–Crippen MR) is 89.1 cm³/mol. The summed E-state index contributed by atoms with van der Waals surface area (Å²) in [5.74, 6) is 0.803. The van der Waals surface area contributed by atoms with Gasteiger partial charge in [0.2, 0.25) is 0 Å². The molecular formula is C15H13N3O2S2. The highest BCUT2D eigenvalue weighted by Crippen LogP contribution is 2.32. The third-order valence-electron chi connectivity index (χ3n) is 2.96. The lowest BCUT2D eigenvalue weighted by atomic mass is 10.3. The van der Waals surface area contributed by atoms with Crippen LogP contribution in [-0.2, 0) is 0 Å². The number of carbonyl (C=O) groups excluding carboxylic acids is 1. The van der Waals surface area contributed by atoms with Gasteiger partial charge in [0.1, 0.15) is 5.75 Å². The molecule has 0 atom stereocenters. The molecule has 1 N–H and O–H groups in total. The Morgan fingerprint density at radius 2 is 2.23 bits per heavy atom. The van der Waals surface area contributed by atoms with Gasteiger partial charge in [-0.25, -0.2) is 9.97 Å². The molecule has 3 aromatic rings. The number of hydrogen-bond donors (Lipinski definition) is 1. The Hall–Kier alpha value is -2.12. The fourth-order valence-corrected chi connectivity index (χ4v) is 3.44. The van der Waals surface area contributed by atoms with Crippen molar-refractivity contribution >= 4 is 39.2 Å². The molecule has 112 valence electrons. The highest BCUT2D eigenvalue weighted by atomic mass is 32.2. The SMILES string of the molecule is CNC(=O)c1ncccc1Oc1ccc2nc(SC)sc2c1. The minimum atomic E-state index is -0.279. The molecule has 3 rings (SSSR count). The molecular weight excluding hydrogens is 318 g/mol. The number of nitrogens with zero attached hydrogens (tertiary/aromatic N) is 2. The summed E-state index contributed by atoms with van der Waals surface area (Å²) in [4.78, 5) is 20.4. The Balaban J connectivity index is 1.94. The summed E-state index contributed by atoms with van der Waals surface area (Å²) in [6, 6.07) is 9.14. The first-order chi connectivity index (χ1) is 10.7. The molecule has 1 amide bonds. The van der Waals surface area contributed by atoms with Crippen molar-refractivity contribution in [3.63, 3.8) is 0 Å². The molecule has 0 saturated carbocycles. The van der Waals surface area contributed by atoms with Gasteiger partial charge in [-0.15, -0.1) is 11.3 Å². The van der Waals surface area contributed by atoms with Gasteiger partial charge >= 0.3 is 0 Å². The summed E-state index contributed by atoms with van der Waals surface area (Å²) < 4.78 is 7.89. The van der Waals surface area contributed by atoms with Gasteiger partial charge in [-0.05, 0) is 30.5 Å². The largest absolute Gasteiger partial charge is 0.455 e. The molecule has 0 aliphatic carbocycles. The number of pyridine rings is 1. The maximum Gasteiger partial charge on any atom is 0.273 e. The Morgan fingerprint density at radius 3 is 3.00 bits per heavy atom. The first-order valence-corrected chi connectivity index (χ1v) is 8.55. The number of carbonyl (C=O) groups is 1. The summed E-state index contributed by atoms with van der Waals surface area (Å²) in [6.45, 7) is 0. The molecule has 1 aromatic carbocycles. The van der Waals surface area contributed by atoms with Crippen LogP contribution in [0.5, 0.6) is 11.5 Å². The summed E-state index contributed by atoms with van der Waals surface area (Å²) in [7, 11) is 1.56. The molecule has 5 nitrogen and oxygen atoms in total. The van der Waals surface area contributed by atoms with E-state index in [4.69, 9.17) is 4.74 Å². The van der Waals surface area contributed by atoms with Crippen LogP contribution in [0.25, 0.3) is 10.2 Å². The third kappa shape index (κ3) is 2.90. The molecule has 2 heterocycles. The number of rotatable bonds is 4. The molecule has 7 heteroatoms. The van der Waals surface area contributed by atoms with E-state index in [9.17, 15) is 4.79 Å².